The fourth-order valence-electron chi connectivity index (χ4n) is 2.72. The molecule has 3 aromatic rings. The van der Waals surface area contributed by atoms with Gasteiger partial charge in [0.15, 0.2) is 0 Å². The first kappa shape index (κ1) is 13.0. The van der Waals surface area contributed by atoms with E-state index >= 15 is 0 Å². The van der Waals surface area contributed by atoms with Gasteiger partial charge in [0, 0.05) is 5.56 Å². The van der Waals surface area contributed by atoms with Gasteiger partial charge in [0.1, 0.15) is 17.1 Å². The zero-order valence-corrected chi connectivity index (χ0v) is 12.2. The van der Waals surface area contributed by atoms with Gasteiger partial charge in [-0.1, -0.05) is 29.5 Å². The van der Waals surface area contributed by atoms with Gasteiger partial charge in [-0.05, 0) is 29.8 Å². The molecule has 0 saturated heterocycles. The highest BCUT2D eigenvalue weighted by Crippen LogP contribution is 2.32. The molecule has 0 spiro atoms. The van der Waals surface area contributed by atoms with Crippen LogP contribution in [0.4, 0.5) is 0 Å². The van der Waals surface area contributed by atoms with E-state index in [1.54, 1.807) is 7.11 Å². The Bertz CT molecular complexity index is 809. The van der Waals surface area contributed by atoms with Gasteiger partial charge >= 0.3 is 0 Å². The van der Waals surface area contributed by atoms with Crippen molar-refractivity contribution in [2.75, 3.05) is 7.11 Å². The molecule has 1 aliphatic rings. The molecule has 0 bridgehead atoms. The molecule has 0 amide bonds. The largest absolute Gasteiger partial charge is 0.497 e. The molecule has 0 aliphatic carbocycles. The van der Waals surface area contributed by atoms with E-state index in [0.29, 0.717) is 13.2 Å². The summed E-state index contributed by atoms with van der Waals surface area (Å²) in [5.41, 5.74) is 5.08. The molecule has 0 unspecified atom stereocenters. The van der Waals surface area contributed by atoms with Crippen LogP contribution in [0, 0.1) is 0 Å². The van der Waals surface area contributed by atoms with Gasteiger partial charge in [-0.3, -0.25) is 0 Å². The molecular formula is C17H15N3O2. The summed E-state index contributed by atoms with van der Waals surface area (Å²) in [4.78, 5) is 0. The molecule has 0 saturated carbocycles. The van der Waals surface area contributed by atoms with E-state index in [0.717, 1.165) is 34.0 Å². The van der Waals surface area contributed by atoms with Gasteiger partial charge in [0.2, 0.25) is 0 Å². The fourth-order valence-corrected chi connectivity index (χ4v) is 2.72. The second-order valence-corrected chi connectivity index (χ2v) is 5.14. The monoisotopic (exact) mass is 293 g/mol. The molecule has 0 radical (unpaired) electrons. The van der Waals surface area contributed by atoms with Crippen LogP contribution in [0.2, 0.25) is 0 Å². The quantitative estimate of drug-likeness (QED) is 0.729. The van der Waals surface area contributed by atoms with Crippen LogP contribution >= 0.6 is 0 Å². The first-order chi connectivity index (χ1) is 10.9. The number of fused-ring (bicyclic) bond motifs is 3. The Kier molecular flexibility index (Phi) is 3.12. The van der Waals surface area contributed by atoms with Crippen molar-refractivity contribution in [1.82, 2.24) is 15.0 Å². The first-order valence-corrected chi connectivity index (χ1v) is 7.12. The van der Waals surface area contributed by atoms with Crippen LogP contribution in [0.1, 0.15) is 11.3 Å². The molecule has 2 aromatic carbocycles. The van der Waals surface area contributed by atoms with Crippen molar-refractivity contribution >= 4 is 0 Å². The fraction of sp³-hybridized carbons (Fsp3) is 0.176. The number of aromatic nitrogens is 3. The standard InChI is InChI=1S/C17H15N3O2/c1-21-14-8-6-13(7-9-14)20-17-15-5-3-2-4-12(15)10-22-11-16(17)18-19-20/h2-9H,10-11H2,1H3. The molecule has 0 atom stereocenters. The number of hydrogen-bond acceptors (Lipinski definition) is 4. The maximum atomic E-state index is 5.70. The Labute approximate surface area is 128 Å². The summed E-state index contributed by atoms with van der Waals surface area (Å²) in [6.45, 7) is 1.06. The number of benzene rings is 2. The summed E-state index contributed by atoms with van der Waals surface area (Å²) in [6.07, 6.45) is 0. The molecular weight excluding hydrogens is 278 g/mol. The highest BCUT2D eigenvalue weighted by atomic mass is 16.5. The van der Waals surface area contributed by atoms with E-state index < -0.39 is 0 Å². The van der Waals surface area contributed by atoms with Crippen molar-refractivity contribution < 1.29 is 9.47 Å². The van der Waals surface area contributed by atoms with Crippen LogP contribution < -0.4 is 4.74 Å². The molecule has 22 heavy (non-hydrogen) atoms. The van der Waals surface area contributed by atoms with Crippen molar-refractivity contribution in [2.24, 2.45) is 0 Å². The van der Waals surface area contributed by atoms with E-state index in [9.17, 15) is 0 Å². The normalized spacial score (nSPS) is 13.1. The summed E-state index contributed by atoms with van der Waals surface area (Å²) in [5.74, 6) is 0.818. The third kappa shape index (κ3) is 2.07. The average Bonchev–Trinajstić information content (AvgIpc) is 2.90. The second-order valence-electron chi connectivity index (χ2n) is 5.14. The van der Waals surface area contributed by atoms with Crippen molar-refractivity contribution in [3.63, 3.8) is 0 Å². The lowest BCUT2D eigenvalue weighted by Crippen LogP contribution is -2.01. The van der Waals surface area contributed by atoms with Crippen LogP contribution in [0.3, 0.4) is 0 Å². The lowest BCUT2D eigenvalue weighted by molar-refractivity contribution is 0.107. The topological polar surface area (TPSA) is 49.2 Å². The zero-order valence-electron chi connectivity index (χ0n) is 12.2. The van der Waals surface area contributed by atoms with Crippen LogP contribution in [0.25, 0.3) is 16.9 Å². The minimum Gasteiger partial charge on any atom is -0.497 e. The Morgan fingerprint density at radius 2 is 1.86 bits per heavy atom. The minimum absolute atomic E-state index is 0.472. The lowest BCUT2D eigenvalue weighted by atomic mass is 10.0. The number of ether oxygens (including phenoxy) is 2. The third-order valence-corrected chi connectivity index (χ3v) is 3.83. The van der Waals surface area contributed by atoms with Gasteiger partial charge in [0.25, 0.3) is 0 Å². The molecule has 1 aromatic heterocycles. The smallest absolute Gasteiger partial charge is 0.119 e. The SMILES string of the molecule is COc1ccc(-n2nnc3c2-c2ccccc2COC3)cc1. The molecule has 5 nitrogen and oxygen atoms in total. The van der Waals surface area contributed by atoms with Crippen molar-refractivity contribution in [3.05, 3.63) is 59.8 Å². The summed E-state index contributed by atoms with van der Waals surface area (Å²) >= 11 is 0. The van der Waals surface area contributed by atoms with Crippen LogP contribution in [0.15, 0.2) is 48.5 Å². The maximum absolute atomic E-state index is 5.70. The Morgan fingerprint density at radius 3 is 2.68 bits per heavy atom. The summed E-state index contributed by atoms with van der Waals surface area (Å²) in [5, 5.41) is 8.60. The summed E-state index contributed by atoms with van der Waals surface area (Å²) in [7, 11) is 1.66. The van der Waals surface area contributed by atoms with Gasteiger partial charge in [-0.15, -0.1) is 5.10 Å². The molecule has 5 heteroatoms. The van der Waals surface area contributed by atoms with Gasteiger partial charge in [-0.2, -0.15) is 0 Å². The second kappa shape index (κ2) is 5.27. The highest BCUT2D eigenvalue weighted by molar-refractivity contribution is 5.68. The minimum atomic E-state index is 0.472. The molecule has 2 heterocycles. The van der Waals surface area contributed by atoms with E-state index in [-0.39, 0.29) is 0 Å². The molecule has 0 fully saturated rings. The van der Waals surface area contributed by atoms with E-state index in [1.807, 2.05) is 41.1 Å². The predicted molar refractivity (Wildman–Crippen MR) is 81.8 cm³/mol. The van der Waals surface area contributed by atoms with E-state index in [2.05, 4.69) is 22.4 Å². The molecule has 4 rings (SSSR count). The highest BCUT2D eigenvalue weighted by Gasteiger charge is 2.21. The van der Waals surface area contributed by atoms with Crippen molar-refractivity contribution in [2.45, 2.75) is 13.2 Å². The van der Waals surface area contributed by atoms with Crippen LogP contribution in [-0.4, -0.2) is 22.1 Å². The summed E-state index contributed by atoms with van der Waals surface area (Å²) in [6, 6.07) is 16.0. The summed E-state index contributed by atoms with van der Waals surface area (Å²) < 4.78 is 12.8. The maximum Gasteiger partial charge on any atom is 0.119 e. The first-order valence-electron chi connectivity index (χ1n) is 7.12. The lowest BCUT2D eigenvalue weighted by Gasteiger charge is -2.10. The van der Waals surface area contributed by atoms with Gasteiger partial charge in [-0.25, -0.2) is 4.68 Å². The number of nitrogens with zero attached hydrogens (tertiary/aromatic N) is 3. The Balaban J connectivity index is 1.89. The van der Waals surface area contributed by atoms with Crippen LogP contribution in [-0.2, 0) is 18.0 Å². The molecule has 0 N–H and O–H groups in total. The predicted octanol–water partition coefficient (Wildman–Crippen LogP) is 2.97. The third-order valence-electron chi connectivity index (χ3n) is 3.83. The number of hydrogen-bond donors (Lipinski definition) is 0. The molecule has 110 valence electrons. The Hall–Kier alpha value is -2.66. The molecule has 1 aliphatic heterocycles. The number of rotatable bonds is 2. The Morgan fingerprint density at radius 1 is 1.05 bits per heavy atom. The van der Waals surface area contributed by atoms with E-state index in [1.165, 1.54) is 0 Å². The number of methoxy groups -OCH3 is 1. The van der Waals surface area contributed by atoms with Gasteiger partial charge < -0.3 is 9.47 Å². The van der Waals surface area contributed by atoms with E-state index in [4.69, 9.17) is 9.47 Å². The van der Waals surface area contributed by atoms with Crippen molar-refractivity contribution in [3.8, 4) is 22.7 Å². The van der Waals surface area contributed by atoms with Crippen molar-refractivity contribution in [1.29, 1.82) is 0 Å². The zero-order chi connectivity index (χ0) is 14.9. The van der Waals surface area contributed by atoms with Crippen LogP contribution in [0.5, 0.6) is 5.75 Å². The average molecular weight is 293 g/mol. The van der Waals surface area contributed by atoms with Gasteiger partial charge in [0.05, 0.1) is 26.0 Å².